The fourth-order valence-corrected chi connectivity index (χ4v) is 1.27. The SMILES string of the molecule is O=C(O)/C=C/CNCC1CCOC1. The number of hydrogen-bond acceptors (Lipinski definition) is 3. The molecule has 13 heavy (non-hydrogen) atoms. The molecule has 1 aliphatic rings. The molecule has 1 atom stereocenters. The van der Waals surface area contributed by atoms with E-state index in [1.165, 1.54) is 0 Å². The molecule has 0 spiro atoms. The molecular weight excluding hydrogens is 170 g/mol. The molecule has 74 valence electrons. The van der Waals surface area contributed by atoms with Crippen LogP contribution in [-0.4, -0.2) is 37.4 Å². The zero-order valence-corrected chi connectivity index (χ0v) is 7.53. The summed E-state index contributed by atoms with van der Waals surface area (Å²) in [5.74, 6) is -0.302. The zero-order chi connectivity index (χ0) is 9.52. The van der Waals surface area contributed by atoms with Gasteiger partial charge in [-0.1, -0.05) is 6.08 Å². The van der Waals surface area contributed by atoms with Crippen molar-refractivity contribution in [3.63, 3.8) is 0 Å². The standard InChI is InChI=1S/C9H15NO3/c11-9(12)2-1-4-10-6-8-3-5-13-7-8/h1-2,8,10H,3-7H2,(H,11,12)/b2-1+. The Kier molecular flexibility index (Phi) is 4.49. The van der Waals surface area contributed by atoms with Crippen molar-refractivity contribution in [2.45, 2.75) is 6.42 Å². The Labute approximate surface area is 77.6 Å². The molecule has 1 heterocycles. The van der Waals surface area contributed by atoms with Crippen molar-refractivity contribution in [1.82, 2.24) is 5.32 Å². The molecule has 1 rings (SSSR count). The molecule has 1 saturated heterocycles. The Balaban J connectivity index is 1.97. The predicted octanol–water partition coefficient (Wildman–Crippen LogP) is 0.253. The quantitative estimate of drug-likeness (QED) is 0.476. The zero-order valence-electron chi connectivity index (χ0n) is 7.53. The lowest BCUT2D eigenvalue weighted by atomic mass is 10.1. The topological polar surface area (TPSA) is 58.6 Å². The van der Waals surface area contributed by atoms with E-state index >= 15 is 0 Å². The largest absolute Gasteiger partial charge is 0.478 e. The number of ether oxygens (including phenoxy) is 1. The Hall–Kier alpha value is -0.870. The van der Waals surface area contributed by atoms with Gasteiger partial charge in [-0.05, 0) is 12.3 Å². The van der Waals surface area contributed by atoms with Crippen LogP contribution in [0.1, 0.15) is 6.42 Å². The number of carbonyl (C=O) groups is 1. The monoisotopic (exact) mass is 185 g/mol. The van der Waals surface area contributed by atoms with Gasteiger partial charge >= 0.3 is 5.97 Å². The molecule has 1 unspecified atom stereocenters. The summed E-state index contributed by atoms with van der Waals surface area (Å²) in [7, 11) is 0. The van der Waals surface area contributed by atoms with Crippen LogP contribution in [0.25, 0.3) is 0 Å². The van der Waals surface area contributed by atoms with E-state index in [1.807, 2.05) is 0 Å². The van der Waals surface area contributed by atoms with Crippen LogP contribution in [0.3, 0.4) is 0 Å². The summed E-state index contributed by atoms with van der Waals surface area (Å²) in [6.07, 6.45) is 3.87. The maximum atomic E-state index is 10.1. The van der Waals surface area contributed by atoms with Crippen LogP contribution in [-0.2, 0) is 9.53 Å². The minimum Gasteiger partial charge on any atom is -0.478 e. The van der Waals surface area contributed by atoms with Crippen molar-refractivity contribution < 1.29 is 14.6 Å². The van der Waals surface area contributed by atoms with Crippen LogP contribution < -0.4 is 5.32 Å². The third-order valence-corrected chi connectivity index (χ3v) is 1.98. The third-order valence-electron chi connectivity index (χ3n) is 1.98. The van der Waals surface area contributed by atoms with E-state index in [0.717, 1.165) is 32.3 Å². The lowest BCUT2D eigenvalue weighted by Gasteiger charge is -2.06. The van der Waals surface area contributed by atoms with Crippen LogP contribution in [0.15, 0.2) is 12.2 Å². The minimum atomic E-state index is -0.897. The Morgan fingerprint density at radius 3 is 3.15 bits per heavy atom. The van der Waals surface area contributed by atoms with E-state index in [-0.39, 0.29) is 0 Å². The molecule has 0 aromatic rings. The molecule has 0 bridgehead atoms. The molecule has 0 aliphatic carbocycles. The van der Waals surface area contributed by atoms with Crippen molar-refractivity contribution in [3.05, 3.63) is 12.2 Å². The second kappa shape index (κ2) is 5.72. The summed E-state index contributed by atoms with van der Waals surface area (Å²) in [6, 6.07) is 0. The first-order valence-corrected chi connectivity index (χ1v) is 4.47. The molecule has 0 radical (unpaired) electrons. The van der Waals surface area contributed by atoms with Gasteiger partial charge in [0, 0.05) is 25.8 Å². The van der Waals surface area contributed by atoms with Crippen LogP contribution in [0.5, 0.6) is 0 Å². The molecule has 1 aliphatic heterocycles. The Morgan fingerprint density at radius 1 is 1.69 bits per heavy atom. The summed E-state index contributed by atoms with van der Waals surface area (Å²) >= 11 is 0. The van der Waals surface area contributed by atoms with Crippen molar-refractivity contribution in [1.29, 1.82) is 0 Å². The summed E-state index contributed by atoms with van der Waals surface area (Å²) in [5.41, 5.74) is 0. The third kappa shape index (κ3) is 4.65. The molecule has 0 amide bonds. The van der Waals surface area contributed by atoms with E-state index < -0.39 is 5.97 Å². The fraction of sp³-hybridized carbons (Fsp3) is 0.667. The molecule has 2 N–H and O–H groups in total. The van der Waals surface area contributed by atoms with Crippen LogP contribution in [0.2, 0.25) is 0 Å². The van der Waals surface area contributed by atoms with Gasteiger partial charge in [-0.2, -0.15) is 0 Å². The first-order valence-electron chi connectivity index (χ1n) is 4.47. The number of rotatable bonds is 5. The highest BCUT2D eigenvalue weighted by Crippen LogP contribution is 2.10. The second-order valence-electron chi connectivity index (χ2n) is 3.13. The molecule has 0 saturated carbocycles. The summed E-state index contributed by atoms with van der Waals surface area (Å²) in [6.45, 7) is 3.21. The van der Waals surface area contributed by atoms with Gasteiger partial charge in [0.1, 0.15) is 0 Å². The minimum absolute atomic E-state index is 0.596. The molecule has 0 aromatic heterocycles. The van der Waals surface area contributed by atoms with Crippen LogP contribution in [0.4, 0.5) is 0 Å². The van der Waals surface area contributed by atoms with Crippen molar-refractivity contribution in [2.75, 3.05) is 26.3 Å². The average molecular weight is 185 g/mol. The van der Waals surface area contributed by atoms with E-state index in [0.29, 0.717) is 12.5 Å². The Morgan fingerprint density at radius 2 is 2.54 bits per heavy atom. The molecule has 0 aromatic carbocycles. The summed E-state index contributed by atoms with van der Waals surface area (Å²) in [4.78, 5) is 10.1. The van der Waals surface area contributed by atoms with Gasteiger partial charge in [0.05, 0.1) is 6.61 Å². The van der Waals surface area contributed by atoms with Gasteiger partial charge in [-0.3, -0.25) is 0 Å². The summed E-state index contributed by atoms with van der Waals surface area (Å²) < 4.78 is 5.20. The van der Waals surface area contributed by atoms with E-state index in [2.05, 4.69) is 5.32 Å². The maximum absolute atomic E-state index is 10.1. The molecular formula is C9H15NO3. The van der Waals surface area contributed by atoms with Gasteiger partial charge in [-0.15, -0.1) is 0 Å². The smallest absolute Gasteiger partial charge is 0.328 e. The number of carboxylic acid groups (broad SMARTS) is 1. The second-order valence-corrected chi connectivity index (χ2v) is 3.13. The van der Waals surface area contributed by atoms with Gasteiger partial charge in [0.25, 0.3) is 0 Å². The van der Waals surface area contributed by atoms with Gasteiger partial charge in [-0.25, -0.2) is 4.79 Å². The normalized spacial score (nSPS) is 22.6. The molecule has 4 heteroatoms. The number of aliphatic carboxylic acids is 1. The molecule has 1 fully saturated rings. The first-order chi connectivity index (χ1) is 6.29. The van der Waals surface area contributed by atoms with E-state index in [4.69, 9.17) is 9.84 Å². The van der Waals surface area contributed by atoms with Gasteiger partial charge in [0.15, 0.2) is 0 Å². The van der Waals surface area contributed by atoms with Crippen molar-refractivity contribution in [3.8, 4) is 0 Å². The molecule has 4 nitrogen and oxygen atoms in total. The van der Waals surface area contributed by atoms with Crippen molar-refractivity contribution >= 4 is 5.97 Å². The highest BCUT2D eigenvalue weighted by atomic mass is 16.5. The maximum Gasteiger partial charge on any atom is 0.328 e. The lowest BCUT2D eigenvalue weighted by molar-refractivity contribution is -0.131. The van der Waals surface area contributed by atoms with E-state index in [9.17, 15) is 4.79 Å². The number of nitrogens with one attached hydrogen (secondary N) is 1. The van der Waals surface area contributed by atoms with Gasteiger partial charge in [0.2, 0.25) is 0 Å². The number of hydrogen-bond donors (Lipinski definition) is 2. The average Bonchev–Trinajstić information content (AvgIpc) is 2.55. The number of carboxylic acids is 1. The first kappa shape index (κ1) is 10.2. The highest BCUT2D eigenvalue weighted by molar-refractivity contribution is 5.79. The fourth-order valence-electron chi connectivity index (χ4n) is 1.27. The summed E-state index contributed by atoms with van der Waals surface area (Å²) in [5, 5.41) is 11.4. The van der Waals surface area contributed by atoms with Gasteiger partial charge < -0.3 is 15.2 Å². The lowest BCUT2D eigenvalue weighted by Crippen LogP contribution is -2.23. The highest BCUT2D eigenvalue weighted by Gasteiger charge is 2.13. The Bertz CT molecular complexity index is 185. The van der Waals surface area contributed by atoms with Crippen molar-refractivity contribution in [2.24, 2.45) is 5.92 Å². The van der Waals surface area contributed by atoms with Crippen LogP contribution >= 0.6 is 0 Å². The van der Waals surface area contributed by atoms with E-state index in [1.54, 1.807) is 6.08 Å². The van der Waals surface area contributed by atoms with Crippen LogP contribution in [0, 0.1) is 5.92 Å². The predicted molar refractivity (Wildman–Crippen MR) is 48.6 cm³/mol.